The number of benzene rings is 3. The van der Waals surface area contributed by atoms with Crippen molar-refractivity contribution in [2.24, 2.45) is 5.92 Å². The van der Waals surface area contributed by atoms with Crippen LogP contribution >= 0.6 is 11.3 Å². The molecule has 7 heteroatoms. The number of hydrogen-bond acceptors (Lipinski definition) is 6. The van der Waals surface area contributed by atoms with Crippen molar-refractivity contribution in [3.8, 4) is 23.0 Å². The molecular formula is C29H28FNO4S. The maximum atomic E-state index is 14.4. The summed E-state index contributed by atoms with van der Waals surface area (Å²) in [5.74, 6) is 1.44. The van der Waals surface area contributed by atoms with Gasteiger partial charge in [0.1, 0.15) is 27.9 Å². The fourth-order valence-corrected chi connectivity index (χ4v) is 5.63. The first-order valence-electron chi connectivity index (χ1n) is 12.2. The molecule has 1 aliphatic heterocycles. The third-order valence-corrected chi connectivity index (χ3v) is 7.52. The van der Waals surface area contributed by atoms with Crippen LogP contribution in [0.15, 0.2) is 66.7 Å². The zero-order valence-corrected chi connectivity index (χ0v) is 20.9. The van der Waals surface area contributed by atoms with Gasteiger partial charge in [-0.05, 0) is 79.9 Å². The summed E-state index contributed by atoms with van der Waals surface area (Å²) < 4.78 is 27.1. The minimum absolute atomic E-state index is 0.0229. The van der Waals surface area contributed by atoms with Crippen LogP contribution in [0.2, 0.25) is 0 Å². The van der Waals surface area contributed by atoms with Crippen molar-refractivity contribution in [3.05, 3.63) is 83.0 Å². The first kappa shape index (κ1) is 24.3. The van der Waals surface area contributed by atoms with Crippen LogP contribution in [-0.4, -0.2) is 42.0 Å². The summed E-state index contributed by atoms with van der Waals surface area (Å²) in [6.45, 7) is 6.33. The second-order valence-corrected chi connectivity index (χ2v) is 10.3. The van der Waals surface area contributed by atoms with Crippen LogP contribution in [-0.2, 0) is 0 Å². The highest BCUT2D eigenvalue weighted by Gasteiger charge is 2.24. The first-order valence-corrected chi connectivity index (χ1v) is 13.0. The molecule has 5 nitrogen and oxygen atoms in total. The minimum Gasteiger partial charge on any atom is -0.508 e. The van der Waals surface area contributed by atoms with E-state index in [1.54, 1.807) is 42.5 Å². The molecule has 1 saturated heterocycles. The van der Waals surface area contributed by atoms with Crippen molar-refractivity contribution >= 4 is 27.2 Å². The second kappa shape index (κ2) is 10.7. The molecule has 2 heterocycles. The molecule has 0 saturated carbocycles. The van der Waals surface area contributed by atoms with Gasteiger partial charge < -0.3 is 19.5 Å². The average molecular weight is 506 g/mol. The van der Waals surface area contributed by atoms with Crippen LogP contribution in [0.1, 0.15) is 35.0 Å². The van der Waals surface area contributed by atoms with E-state index < -0.39 is 11.6 Å². The van der Waals surface area contributed by atoms with E-state index in [9.17, 15) is 14.3 Å². The summed E-state index contributed by atoms with van der Waals surface area (Å²) in [5.41, 5.74) is -0.0229. The third kappa shape index (κ3) is 5.37. The molecule has 1 aliphatic rings. The molecule has 5 rings (SSSR count). The number of likely N-dealkylation sites (tertiary alicyclic amines) is 1. The van der Waals surface area contributed by atoms with E-state index >= 15 is 0 Å². The number of rotatable bonds is 9. The molecule has 0 radical (unpaired) electrons. The van der Waals surface area contributed by atoms with Gasteiger partial charge in [0.2, 0.25) is 5.78 Å². The highest BCUT2D eigenvalue weighted by atomic mass is 32.1. The van der Waals surface area contributed by atoms with Gasteiger partial charge in [0.15, 0.2) is 5.75 Å². The van der Waals surface area contributed by atoms with E-state index in [1.807, 2.05) is 12.1 Å². The van der Waals surface area contributed by atoms with Gasteiger partial charge in [-0.3, -0.25) is 4.79 Å². The second-order valence-electron chi connectivity index (χ2n) is 9.22. The molecule has 0 unspecified atom stereocenters. The topological polar surface area (TPSA) is 59.0 Å². The summed E-state index contributed by atoms with van der Waals surface area (Å²) >= 11 is 1.17. The van der Waals surface area contributed by atoms with Crippen LogP contribution in [0.3, 0.4) is 0 Å². The molecule has 3 aromatic carbocycles. The van der Waals surface area contributed by atoms with Crippen molar-refractivity contribution in [1.82, 2.24) is 4.90 Å². The largest absolute Gasteiger partial charge is 0.508 e. The molecule has 1 N–H and O–H groups in total. The van der Waals surface area contributed by atoms with Gasteiger partial charge in [0, 0.05) is 23.2 Å². The average Bonchev–Trinajstić information content (AvgIpc) is 3.45. The standard InChI is InChI=1S/C29H28FNO4S/c1-19-13-15-31(18-19)14-4-16-34-21-8-10-22(11-9-21)35-28-24-12-7-20(32)17-26(24)36-29(28)27(33)23-5-2-3-6-25(23)30/h2-3,5-12,17,19,32H,4,13-16,18H2,1H3/t19-/m1/s1. The maximum absolute atomic E-state index is 14.4. The minimum atomic E-state index is -0.588. The number of ether oxygens (including phenoxy) is 2. The first-order chi connectivity index (χ1) is 17.5. The molecule has 4 aromatic rings. The highest BCUT2D eigenvalue weighted by molar-refractivity contribution is 7.21. The van der Waals surface area contributed by atoms with Gasteiger partial charge in [-0.1, -0.05) is 19.1 Å². The molecule has 0 bridgehead atoms. The molecule has 0 aliphatic carbocycles. The molecule has 0 spiro atoms. The number of aromatic hydroxyl groups is 1. The van der Waals surface area contributed by atoms with E-state index in [2.05, 4.69) is 11.8 Å². The van der Waals surface area contributed by atoms with Gasteiger partial charge in [0.25, 0.3) is 0 Å². The number of halogens is 1. The monoisotopic (exact) mass is 505 g/mol. The Morgan fingerprint density at radius 1 is 1.11 bits per heavy atom. The highest BCUT2D eigenvalue weighted by Crippen LogP contribution is 2.43. The quantitative estimate of drug-likeness (QED) is 0.198. The Morgan fingerprint density at radius 3 is 2.64 bits per heavy atom. The number of fused-ring (bicyclic) bond motifs is 1. The van der Waals surface area contributed by atoms with Crippen LogP contribution in [0.4, 0.5) is 4.39 Å². The van der Waals surface area contributed by atoms with Crippen LogP contribution in [0, 0.1) is 11.7 Å². The lowest BCUT2D eigenvalue weighted by Gasteiger charge is -2.15. The summed E-state index contributed by atoms with van der Waals surface area (Å²) in [6, 6.07) is 18.0. The zero-order valence-electron chi connectivity index (χ0n) is 20.1. The van der Waals surface area contributed by atoms with Gasteiger partial charge in [-0.15, -0.1) is 11.3 Å². The number of carbonyl (C=O) groups is 1. The summed E-state index contributed by atoms with van der Waals surface area (Å²) in [4.78, 5) is 16.0. The molecule has 186 valence electrons. The lowest BCUT2D eigenvalue weighted by Crippen LogP contribution is -2.22. The number of carbonyl (C=O) groups excluding carboxylic acids is 1. The van der Waals surface area contributed by atoms with Crippen molar-refractivity contribution < 1.29 is 23.8 Å². The Bertz CT molecular complexity index is 1370. The Labute approximate surface area is 213 Å². The summed E-state index contributed by atoms with van der Waals surface area (Å²) in [6.07, 6.45) is 2.25. The lowest BCUT2D eigenvalue weighted by molar-refractivity contribution is 0.103. The van der Waals surface area contributed by atoms with Gasteiger partial charge in [-0.25, -0.2) is 4.39 Å². The lowest BCUT2D eigenvalue weighted by atomic mass is 10.1. The number of thiophene rings is 1. The normalized spacial score (nSPS) is 15.9. The SMILES string of the molecule is C[C@@H]1CCN(CCCOc2ccc(Oc3c(C(=O)c4ccccc4F)sc4cc(O)ccc34)cc2)C1. The Balaban J connectivity index is 1.31. The Kier molecular flexibility index (Phi) is 7.20. The number of phenolic OH excluding ortho intramolecular Hbond substituents is 1. The smallest absolute Gasteiger partial charge is 0.209 e. The van der Waals surface area contributed by atoms with Crippen LogP contribution in [0.25, 0.3) is 10.1 Å². The van der Waals surface area contributed by atoms with Gasteiger partial charge in [-0.2, -0.15) is 0 Å². The van der Waals surface area contributed by atoms with Crippen molar-refractivity contribution in [2.45, 2.75) is 19.8 Å². The molecule has 0 amide bonds. The van der Waals surface area contributed by atoms with Crippen LogP contribution < -0.4 is 9.47 Å². The predicted molar refractivity (Wildman–Crippen MR) is 140 cm³/mol. The van der Waals surface area contributed by atoms with E-state index in [4.69, 9.17) is 9.47 Å². The molecular weight excluding hydrogens is 477 g/mol. The number of phenols is 1. The third-order valence-electron chi connectivity index (χ3n) is 6.39. The van der Waals surface area contributed by atoms with Crippen molar-refractivity contribution in [1.29, 1.82) is 0 Å². The Morgan fingerprint density at radius 2 is 1.89 bits per heavy atom. The number of nitrogens with zero attached hydrogens (tertiary/aromatic N) is 1. The van der Waals surface area contributed by atoms with Crippen molar-refractivity contribution in [3.63, 3.8) is 0 Å². The Hall–Kier alpha value is -3.42. The molecule has 1 aromatic heterocycles. The van der Waals surface area contributed by atoms with E-state index in [0.29, 0.717) is 28.2 Å². The fourth-order valence-electron chi connectivity index (χ4n) is 4.51. The predicted octanol–water partition coefficient (Wildman–Crippen LogP) is 6.88. The van der Waals surface area contributed by atoms with E-state index in [0.717, 1.165) is 24.6 Å². The molecule has 1 fully saturated rings. The summed E-state index contributed by atoms with van der Waals surface area (Å²) in [5, 5.41) is 10.6. The van der Waals surface area contributed by atoms with E-state index in [-0.39, 0.29) is 16.2 Å². The van der Waals surface area contributed by atoms with Crippen molar-refractivity contribution in [2.75, 3.05) is 26.2 Å². The van der Waals surface area contributed by atoms with Gasteiger partial charge in [0.05, 0.1) is 12.2 Å². The van der Waals surface area contributed by atoms with Gasteiger partial charge >= 0.3 is 0 Å². The fraction of sp³-hybridized carbons (Fsp3) is 0.276. The molecule has 1 atom stereocenters. The number of hydrogen-bond donors (Lipinski definition) is 1. The summed E-state index contributed by atoms with van der Waals surface area (Å²) in [7, 11) is 0. The number of ketones is 1. The van der Waals surface area contributed by atoms with Crippen LogP contribution in [0.5, 0.6) is 23.0 Å². The maximum Gasteiger partial charge on any atom is 0.209 e. The molecule has 36 heavy (non-hydrogen) atoms. The van der Waals surface area contributed by atoms with E-state index in [1.165, 1.54) is 43.0 Å². The zero-order chi connectivity index (χ0) is 25.1.